The monoisotopic (exact) mass is 471 g/mol. The molecule has 0 saturated carbocycles. The van der Waals surface area contributed by atoms with Crippen molar-refractivity contribution in [2.45, 2.75) is 24.5 Å². The van der Waals surface area contributed by atoms with Gasteiger partial charge in [0.05, 0.1) is 18.4 Å². The summed E-state index contributed by atoms with van der Waals surface area (Å²) < 4.78 is 14.3. The number of halogens is 1. The largest absolute Gasteiger partial charge is 0.508 e. The molecule has 0 aliphatic carbocycles. The van der Waals surface area contributed by atoms with Gasteiger partial charge in [0.15, 0.2) is 0 Å². The molecule has 3 aliphatic rings. The van der Waals surface area contributed by atoms with Crippen molar-refractivity contribution in [1.82, 2.24) is 10.2 Å². The number of nitrogens with zero attached hydrogens (tertiary/aromatic N) is 1. The molecule has 7 nitrogen and oxygen atoms in total. The zero-order chi connectivity index (χ0) is 24.3. The topological polar surface area (TPSA) is 98.7 Å². The van der Waals surface area contributed by atoms with Crippen LogP contribution in [-0.4, -0.2) is 33.8 Å². The first-order valence-electron chi connectivity index (χ1n) is 11.4. The Hall–Kier alpha value is -4.04. The van der Waals surface area contributed by atoms with Gasteiger partial charge >= 0.3 is 0 Å². The lowest BCUT2D eigenvalue weighted by molar-refractivity contribution is -0.143. The third kappa shape index (κ3) is 3.17. The van der Waals surface area contributed by atoms with Crippen LogP contribution >= 0.6 is 0 Å². The highest BCUT2D eigenvalue weighted by molar-refractivity contribution is 6.15. The summed E-state index contributed by atoms with van der Waals surface area (Å²) in [5.74, 6) is -3.50. The second-order valence-corrected chi connectivity index (χ2v) is 9.33. The van der Waals surface area contributed by atoms with Gasteiger partial charge in [-0.05, 0) is 47.9 Å². The number of imide groups is 1. The van der Waals surface area contributed by atoms with Gasteiger partial charge in [-0.3, -0.25) is 24.6 Å². The number of amides is 3. The van der Waals surface area contributed by atoms with Crippen molar-refractivity contribution in [1.29, 1.82) is 0 Å². The number of hydrogen-bond donors (Lipinski definition) is 3. The Bertz CT molecular complexity index is 1360. The molecular weight excluding hydrogens is 449 g/mol. The fraction of sp³-hybridized carbons (Fsp3) is 0.222. The average Bonchev–Trinajstić information content (AvgIpc) is 3.42. The number of nitrogens with one attached hydrogen (secondary N) is 2. The molecule has 2 saturated heterocycles. The Morgan fingerprint density at radius 3 is 2.40 bits per heavy atom. The van der Waals surface area contributed by atoms with Crippen molar-refractivity contribution >= 4 is 23.4 Å². The highest BCUT2D eigenvalue weighted by Crippen LogP contribution is 2.53. The molecule has 176 valence electrons. The van der Waals surface area contributed by atoms with Crippen molar-refractivity contribution in [3.05, 3.63) is 95.3 Å². The molecule has 3 aromatic rings. The standard InChI is InChI=1S/C27H22FN3O4/c28-17-8-11-20-19(13-17)27(26(35)29-20)23-22(21(30-27)12-15-6-9-18(32)10-7-15)24(33)31(25(23)34)14-16-4-2-1-3-5-16/h1-11,13,21-23,30,32H,12,14H2,(H,29,35)/t21-,22+,23-,27-/m0/s1. The predicted octanol–water partition coefficient (Wildman–Crippen LogP) is 2.69. The second-order valence-electron chi connectivity index (χ2n) is 9.33. The highest BCUT2D eigenvalue weighted by Gasteiger charge is 2.70. The molecule has 8 heteroatoms. The number of rotatable bonds is 4. The van der Waals surface area contributed by atoms with Crippen LogP contribution in [0.1, 0.15) is 16.7 Å². The van der Waals surface area contributed by atoms with Crippen LogP contribution in [0.3, 0.4) is 0 Å². The number of carbonyl (C=O) groups excluding carboxylic acids is 3. The summed E-state index contributed by atoms with van der Waals surface area (Å²) in [5.41, 5.74) is 0.842. The van der Waals surface area contributed by atoms with Gasteiger partial charge in [0.2, 0.25) is 17.7 Å². The number of phenols is 1. The maximum absolute atomic E-state index is 14.3. The van der Waals surface area contributed by atoms with Crippen LogP contribution in [0.4, 0.5) is 10.1 Å². The molecule has 3 aromatic carbocycles. The minimum Gasteiger partial charge on any atom is -0.508 e. The Morgan fingerprint density at radius 1 is 0.914 bits per heavy atom. The molecule has 35 heavy (non-hydrogen) atoms. The van der Waals surface area contributed by atoms with E-state index in [2.05, 4.69) is 10.6 Å². The Kier molecular flexibility index (Phi) is 4.76. The summed E-state index contributed by atoms with van der Waals surface area (Å²) in [4.78, 5) is 42.2. The number of hydrogen-bond acceptors (Lipinski definition) is 5. The smallest absolute Gasteiger partial charge is 0.250 e. The first-order chi connectivity index (χ1) is 16.9. The zero-order valence-corrected chi connectivity index (χ0v) is 18.6. The minimum absolute atomic E-state index is 0.102. The average molecular weight is 471 g/mol. The molecule has 3 amide bonds. The second kappa shape index (κ2) is 7.74. The molecule has 0 unspecified atom stereocenters. The van der Waals surface area contributed by atoms with E-state index < -0.39 is 41.0 Å². The SMILES string of the molecule is O=C1[C@@H]2[C@H](Cc3ccc(O)cc3)N[C@]3(C(=O)Nc4ccc(F)cc43)[C@@H]2C(=O)N1Cc1ccccc1. The van der Waals surface area contributed by atoms with Crippen LogP contribution in [0, 0.1) is 17.7 Å². The predicted molar refractivity (Wildman–Crippen MR) is 124 cm³/mol. The minimum atomic E-state index is -1.55. The van der Waals surface area contributed by atoms with Crippen LogP contribution in [0.15, 0.2) is 72.8 Å². The number of anilines is 1. The van der Waals surface area contributed by atoms with Crippen molar-refractivity contribution in [3.63, 3.8) is 0 Å². The van der Waals surface area contributed by atoms with E-state index in [4.69, 9.17) is 0 Å². The summed E-state index contributed by atoms with van der Waals surface area (Å²) in [7, 11) is 0. The van der Waals surface area contributed by atoms with Gasteiger partial charge in [-0.2, -0.15) is 0 Å². The van der Waals surface area contributed by atoms with Gasteiger partial charge in [0.25, 0.3) is 0 Å². The van der Waals surface area contributed by atoms with Gasteiger partial charge in [-0.25, -0.2) is 4.39 Å². The maximum atomic E-state index is 14.3. The molecule has 3 heterocycles. The van der Waals surface area contributed by atoms with Crippen molar-refractivity contribution < 1.29 is 23.9 Å². The van der Waals surface area contributed by atoms with Crippen LogP contribution in [0.5, 0.6) is 5.75 Å². The Balaban J connectivity index is 1.45. The van der Waals surface area contributed by atoms with Gasteiger partial charge in [0, 0.05) is 17.3 Å². The molecule has 3 aliphatic heterocycles. The maximum Gasteiger partial charge on any atom is 0.250 e. The molecule has 2 fully saturated rings. The van der Waals surface area contributed by atoms with E-state index in [1.807, 2.05) is 30.3 Å². The van der Waals surface area contributed by atoms with Crippen molar-refractivity contribution in [2.75, 3.05) is 5.32 Å². The summed E-state index contributed by atoms with van der Waals surface area (Å²) >= 11 is 0. The van der Waals surface area contributed by atoms with E-state index in [1.54, 1.807) is 24.3 Å². The molecule has 1 spiro atoms. The number of aromatic hydroxyl groups is 1. The van der Waals surface area contributed by atoms with Gasteiger partial charge in [-0.1, -0.05) is 42.5 Å². The third-order valence-electron chi connectivity index (χ3n) is 7.34. The fourth-order valence-electron chi connectivity index (χ4n) is 5.82. The number of likely N-dealkylation sites (tertiary alicyclic amines) is 1. The lowest BCUT2D eigenvalue weighted by atomic mass is 9.76. The molecule has 6 rings (SSSR count). The quantitative estimate of drug-likeness (QED) is 0.509. The van der Waals surface area contributed by atoms with Gasteiger partial charge < -0.3 is 10.4 Å². The Morgan fingerprint density at radius 2 is 1.66 bits per heavy atom. The fourth-order valence-corrected chi connectivity index (χ4v) is 5.82. The molecular formula is C27H22FN3O4. The van der Waals surface area contributed by atoms with Gasteiger partial charge in [-0.15, -0.1) is 0 Å². The number of fused-ring (bicyclic) bond motifs is 4. The zero-order valence-electron chi connectivity index (χ0n) is 18.6. The van der Waals surface area contributed by atoms with E-state index in [1.165, 1.54) is 23.1 Å². The molecule has 0 bridgehead atoms. The number of benzene rings is 3. The highest BCUT2D eigenvalue weighted by atomic mass is 19.1. The van der Waals surface area contributed by atoms with Crippen LogP contribution in [0.2, 0.25) is 0 Å². The van der Waals surface area contributed by atoms with Gasteiger partial charge in [0.1, 0.15) is 17.1 Å². The van der Waals surface area contributed by atoms with Crippen LogP contribution in [-0.2, 0) is 32.9 Å². The third-order valence-corrected chi connectivity index (χ3v) is 7.34. The Labute approximate surface area is 200 Å². The lowest BCUT2D eigenvalue weighted by Gasteiger charge is -2.29. The van der Waals surface area contributed by atoms with E-state index in [0.29, 0.717) is 17.7 Å². The number of phenolic OH excluding ortho intramolecular Hbond substituents is 1. The van der Waals surface area contributed by atoms with Crippen LogP contribution in [0.25, 0.3) is 0 Å². The summed E-state index contributed by atoms with van der Waals surface area (Å²) in [6, 6.07) is 19.2. The molecule has 4 atom stereocenters. The van der Waals surface area contributed by atoms with E-state index in [0.717, 1.165) is 11.1 Å². The normalized spacial score (nSPS) is 26.8. The van der Waals surface area contributed by atoms with E-state index in [9.17, 15) is 23.9 Å². The lowest BCUT2D eigenvalue weighted by Crippen LogP contribution is -2.53. The summed E-state index contributed by atoms with van der Waals surface area (Å²) in [6.45, 7) is 0.102. The summed E-state index contributed by atoms with van der Waals surface area (Å²) in [5, 5.41) is 15.7. The molecule has 0 radical (unpaired) electrons. The molecule has 0 aromatic heterocycles. The summed E-state index contributed by atoms with van der Waals surface area (Å²) in [6.07, 6.45) is 0.347. The molecule has 3 N–H and O–H groups in total. The first-order valence-corrected chi connectivity index (χ1v) is 11.4. The van der Waals surface area contributed by atoms with Crippen molar-refractivity contribution in [2.24, 2.45) is 11.8 Å². The first kappa shape index (κ1) is 21.5. The van der Waals surface area contributed by atoms with Crippen LogP contribution < -0.4 is 10.6 Å². The van der Waals surface area contributed by atoms with E-state index in [-0.39, 0.29) is 18.2 Å². The number of carbonyl (C=O) groups is 3. The van der Waals surface area contributed by atoms with Crippen molar-refractivity contribution in [3.8, 4) is 5.75 Å². The van der Waals surface area contributed by atoms with E-state index >= 15 is 0 Å².